The van der Waals surface area contributed by atoms with E-state index >= 15 is 0 Å². The molecule has 8 heteroatoms. The second-order valence-electron chi connectivity index (χ2n) is 3.81. The highest BCUT2D eigenvalue weighted by atomic mass is 19.3. The van der Waals surface area contributed by atoms with Gasteiger partial charge in [-0.1, -0.05) is 6.07 Å². The van der Waals surface area contributed by atoms with Crippen molar-refractivity contribution in [3.63, 3.8) is 0 Å². The van der Waals surface area contributed by atoms with Gasteiger partial charge in [0.05, 0.1) is 7.11 Å². The first kappa shape index (κ1) is 15.8. The van der Waals surface area contributed by atoms with Gasteiger partial charge in [0.15, 0.2) is 0 Å². The minimum Gasteiger partial charge on any atom is -0.496 e. The third-order valence-electron chi connectivity index (χ3n) is 2.44. The summed E-state index contributed by atoms with van der Waals surface area (Å²) < 4.78 is 42.8. The zero-order valence-corrected chi connectivity index (χ0v) is 10.4. The number of carbonyl (C=O) groups is 2. The molecule has 0 radical (unpaired) electrons. The van der Waals surface area contributed by atoms with Gasteiger partial charge in [0, 0.05) is 6.42 Å². The van der Waals surface area contributed by atoms with Crippen molar-refractivity contribution in [1.82, 2.24) is 5.32 Å². The maximum Gasteiger partial charge on any atom is 0.326 e. The number of halogens is 3. The molecule has 0 heterocycles. The third kappa shape index (κ3) is 3.87. The third-order valence-corrected chi connectivity index (χ3v) is 2.44. The van der Waals surface area contributed by atoms with Gasteiger partial charge in [-0.25, -0.2) is 18.0 Å². The number of benzene rings is 1. The number of methoxy groups -OCH3 is 1. The Morgan fingerprint density at radius 1 is 1.40 bits per heavy atom. The highest BCUT2D eigenvalue weighted by Crippen LogP contribution is 2.21. The lowest BCUT2D eigenvalue weighted by Gasteiger charge is -2.15. The van der Waals surface area contributed by atoms with E-state index in [0.29, 0.717) is 0 Å². The highest BCUT2D eigenvalue weighted by Gasteiger charge is 2.27. The number of carboxylic acid groups (broad SMARTS) is 1. The monoisotopic (exact) mass is 291 g/mol. The molecule has 1 rings (SSSR count). The predicted molar refractivity (Wildman–Crippen MR) is 62.5 cm³/mol. The van der Waals surface area contributed by atoms with Gasteiger partial charge >= 0.3 is 5.97 Å². The van der Waals surface area contributed by atoms with Crippen LogP contribution in [-0.4, -0.2) is 36.6 Å². The van der Waals surface area contributed by atoms with Crippen LogP contribution in [0.25, 0.3) is 0 Å². The molecule has 1 aromatic carbocycles. The number of ether oxygens (including phenoxy) is 1. The van der Waals surface area contributed by atoms with Crippen molar-refractivity contribution in [1.29, 1.82) is 0 Å². The first-order valence-electron chi connectivity index (χ1n) is 5.51. The maximum absolute atomic E-state index is 13.6. The van der Waals surface area contributed by atoms with Gasteiger partial charge in [0.25, 0.3) is 5.91 Å². The molecule has 0 saturated carbocycles. The van der Waals surface area contributed by atoms with Crippen molar-refractivity contribution < 1.29 is 32.6 Å². The molecule has 0 aromatic heterocycles. The zero-order valence-electron chi connectivity index (χ0n) is 10.4. The Balaban J connectivity index is 2.97. The predicted octanol–water partition coefficient (Wildman–Crippen LogP) is 1.67. The van der Waals surface area contributed by atoms with E-state index in [9.17, 15) is 22.8 Å². The molecule has 0 spiro atoms. The molecule has 0 fully saturated rings. The van der Waals surface area contributed by atoms with Crippen LogP contribution in [0.4, 0.5) is 13.2 Å². The number of alkyl halides is 2. The van der Waals surface area contributed by atoms with Gasteiger partial charge in [0.1, 0.15) is 23.2 Å². The first-order chi connectivity index (χ1) is 9.36. The molecule has 1 atom stereocenters. The molecule has 2 N–H and O–H groups in total. The number of carbonyl (C=O) groups excluding carboxylic acids is 1. The number of hydrogen-bond donors (Lipinski definition) is 2. The zero-order chi connectivity index (χ0) is 15.3. The smallest absolute Gasteiger partial charge is 0.326 e. The molecule has 20 heavy (non-hydrogen) atoms. The fraction of sp³-hybridized carbons (Fsp3) is 0.333. The maximum atomic E-state index is 13.6. The van der Waals surface area contributed by atoms with E-state index in [-0.39, 0.29) is 5.75 Å². The normalized spacial score (nSPS) is 12.1. The molecule has 1 amide bonds. The van der Waals surface area contributed by atoms with Crippen LogP contribution in [0.1, 0.15) is 16.8 Å². The number of rotatable bonds is 6. The Kier molecular flexibility index (Phi) is 5.36. The lowest BCUT2D eigenvalue weighted by Crippen LogP contribution is -2.42. The summed E-state index contributed by atoms with van der Waals surface area (Å²) in [6.45, 7) is 0. The minimum absolute atomic E-state index is 0.122. The Morgan fingerprint density at radius 2 is 2.05 bits per heavy atom. The Labute approximate surface area is 112 Å². The average molecular weight is 291 g/mol. The van der Waals surface area contributed by atoms with Crippen molar-refractivity contribution >= 4 is 11.9 Å². The lowest BCUT2D eigenvalue weighted by atomic mass is 10.1. The van der Waals surface area contributed by atoms with E-state index in [4.69, 9.17) is 9.84 Å². The number of carboxylic acids is 1. The average Bonchev–Trinajstić information content (AvgIpc) is 2.36. The Bertz CT molecular complexity index is 507. The summed E-state index contributed by atoms with van der Waals surface area (Å²) in [7, 11) is 1.19. The van der Waals surface area contributed by atoms with E-state index in [1.165, 1.54) is 19.2 Å². The standard InChI is InChI=1S/C12H12F3NO4/c1-20-8-4-2-3-6(13)10(8)11(17)16-7(12(18)19)5-9(14)15/h2-4,7,9H,5H2,1H3,(H,16,17)(H,18,19). The summed E-state index contributed by atoms with van der Waals surface area (Å²) in [4.78, 5) is 22.6. The van der Waals surface area contributed by atoms with Gasteiger partial charge in [-0.15, -0.1) is 0 Å². The minimum atomic E-state index is -2.92. The highest BCUT2D eigenvalue weighted by molar-refractivity contribution is 5.99. The molecule has 0 saturated heterocycles. The topological polar surface area (TPSA) is 75.6 Å². The van der Waals surface area contributed by atoms with Crippen molar-refractivity contribution in [2.24, 2.45) is 0 Å². The van der Waals surface area contributed by atoms with Crippen LogP contribution < -0.4 is 10.1 Å². The van der Waals surface area contributed by atoms with Gasteiger partial charge in [-0.05, 0) is 12.1 Å². The van der Waals surface area contributed by atoms with Crippen molar-refractivity contribution in [2.75, 3.05) is 7.11 Å². The largest absolute Gasteiger partial charge is 0.496 e. The van der Waals surface area contributed by atoms with Crippen LogP contribution >= 0.6 is 0 Å². The van der Waals surface area contributed by atoms with Crippen LogP contribution in [0.15, 0.2) is 18.2 Å². The van der Waals surface area contributed by atoms with Crippen LogP contribution in [0.5, 0.6) is 5.75 Å². The molecule has 0 aliphatic rings. The van der Waals surface area contributed by atoms with Crippen molar-refractivity contribution in [2.45, 2.75) is 18.9 Å². The Morgan fingerprint density at radius 3 is 2.55 bits per heavy atom. The number of nitrogens with one attached hydrogen (secondary N) is 1. The number of amides is 1. The van der Waals surface area contributed by atoms with Gasteiger partial charge in [-0.2, -0.15) is 0 Å². The summed E-state index contributed by atoms with van der Waals surface area (Å²) in [5, 5.41) is 10.6. The van der Waals surface area contributed by atoms with Crippen LogP contribution in [0, 0.1) is 5.82 Å². The molecule has 0 aliphatic carbocycles. The summed E-state index contributed by atoms with van der Waals surface area (Å²) in [6.07, 6.45) is -3.99. The first-order valence-corrected chi connectivity index (χ1v) is 5.51. The molecule has 0 bridgehead atoms. The molecule has 1 aromatic rings. The van der Waals surface area contributed by atoms with E-state index in [1.54, 1.807) is 0 Å². The van der Waals surface area contributed by atoms with E-state index < -0.39 is 42.1 Å². The molecule has 5 nitrogen and oxygen atoms in total. The summed E-state index contributed by atoms with van der Waals surface area (Å²) in [5.74, 6) is -3.83. The quantitative estimate of drug-likeness (QED) is 0.836. The SMILES string of the molecule is COc1cccc(F)c1C(=O)NC(CC(F)F)C(=O)O. The number of hydrogen-bond acceptors (Lipinski definition) is 3. The fourth-order valence-electron chi connectivity index (χ4n) is 1.52. The second kappa shape index (κ2) is 6.78. The van der Waals surface area contributed by atoms with Crippen LogP contribution in [0.3, 0.4) is 0 Å². The second-order valence-corrected chi connectivity index (χ2v) is 3.81. The summed E-state index contributed by atoms with van der Waals surface area (Å²) in [5.41, 5.74) is -0.532. The molecular weight excluding hydrogens is 279 g/mol. The van der Waals surface area contributed by atoms with Crippen molar-refractivity contribution in [3.05, 3.63) is 29.6 Å². The molecular formula is C12H12F3NO4. The lowest BCUT2D eigenvalue weighted by molar-refractivity contribution is -0.140. The van der Waals surface area contributed by atoms with E-state index in [2.05, 4.69) is 0 Å². The van der Waals surface area contributed by atoms with Crippen LogP contribution in [0.2, 0.25) is 0 Å². The molecule has 0 aliphatic heterocycles. The van der Waals surface area contributed by atoms with E-state index in [0.717, 1.165) is 6.07 Å². The van der Waals surface area contributed by atoms with Gasteiger partial charge in [0.2, 0.25) is 6.43 Å². The van der Waals surface area contributed by atoms with Crippen LogP contribution in [-0.2, 0) is 4.79 Å². The van der Waals surface area contributed by atoms with Gasteiger partial charge < -0.3 is 15.2 Å². The molecule has 1 unspecified atom stereocenters. The number of aliphatic carboxylic acids is 1. The molecule has 110 valence electrons. The van der Waals surface area contributed by atoms with Gasteiger partial charge in [-0.3, -0.25) is 4.79 Å². The summed E-state index contributed by atoms with van der Waals surface area (Å²) in [6, 6.07) is 1.74. The van der Waals surface area contributed by atoms with Crippen molar-refractivity contribution in [3.8, 4) is 5.75 Å². The van der Waals surface area contributed by atoms with E-state index in [1.807, 2.05) is 5.32 Å². The summed E-state index contributed by atoms with van der Waals surface area (Å²) >= 11 is 0. The fourth-order valence-corrected chi connectivity index (χ4v) is 1.52. The Hall–Kier alpha value is -2.25.